The minimum atomic E-state index is -1.13. The summed E-state index contributed by atoms with van der Waals surface area (Å²) in [6.45, 7) is 1.58. The molecule has 8 nitrogen and oxygen atoms in total. The van der Waals surface area contributed by atoms with E-state index < -0.39 is 30.0 Å². The van der Waals surface area contributed by atoms with Crippen LogP contribution in [0.3, 0.4) is 0 Å². The van der Waals surface area contributed by atoms with E-state index in [9.17, 15) is 24.6 Å². The number of benzene rings is 2. The van der Waals surface area contributed by atoms with Crippen LogP contribution in [0.5, 0.6) is 5.75 Å². The second-order valence-corrected chi connectivity index (χ2v) is 8.29. The van der Waals surface area contributed by atoms with Crippen molar-refractivity contribution in [2.24, 2.45) is 7.05 Å². The lowest BCUT2D eigenvalue weighted by atomic mass is 9.98. The van der Waals surface area contributed by atoms with E-state index in [1.807, 2.05) is 0 Å². The van der Waals surface area contributed by atoms with Crippen molar-refractivity contribution in [2.45, 2.75) is 19.4 Å². The van der Waals surface area contributed by atoms with Crippen LogP contribution >= 0.6 is 23.2 Å². The van der Waals surface area contributed by atoms with Gasteiger partial charge >= 0.3 is 12.0 Å². The number of aromatic hydroxyl groups is 1. The summed E-state index contributed by atoms with van der Waals surface area (Å²) in [5.74, 6) is -1.49. The smallest absolute Gasteiger partial charge is 0.319 e. The summed E-state index contributed by atoms with van der Waals surface area (Å²) in [5, 5.41) is 25.4. The lowest BCUT2D eigenvalue weighted by Crippen LogP contribution is -2.36. The second-order valence-electron chi connectivity index (χ2n) is 7.45. The van der Waals surface area contributed by atoms with E-state index >= 15 is 0 Å². The molecule has 0 aliphatic carbocycles. The van der Waals surface area contributed by atoms with E-state index in [1.54, 1.807) is 49.4 Å². The van der Waals surface area contributed by atoms with Crippen molar-refractivity contribution < 1.29 is 19.8 Å². The molecule has 0 bridgehead atoms. The van der Waals surface area contributed by atoms with Gasteiger partial charge in [0.2, 0.25) is 0 Å². The molecule has 2 aromatic carbocycles. The summed E-state index contributed by atoms with van der Waals surface area (Å²) >= 11 is 12.3. The van der Waals surface area contributed by atoms with Gasteiger partial charge in [0.1, 0.15) is 5.75 Å². The SMILES string of the molecule is Cc1cn(C)c(=O)c(NC(=O)NC(CC(=O)O)c2cccc(-c3ccc(Cl)cc3Cl)c2)c1O. The summed E-state index contributed by atoms with van der Waals surface area (Å²) in [6.07, 6.45) is 1.02. The highest BCUT2D eigenvalue weighted by Crippen LogP contribution is 2.32. The molecule has 0 saturated heterocycles. The van der Waals surface area contributed by atoms with Crippen molar-refractivity contribution in [1.29, 1.82) is 0 Å². The van der Waals surface area contributed by atoms with E-state index in [-0.39, 0.29) is 11.4 Å². The van der Waals surface area contributed by atoms with Crippen LogP contribution in [0.15, 0.2) is 53.5 Å². The van der Waals surface area contributed by atoms with E-state index in [0.717, 1.165) is 0 Å². The van der Waals surface area contributed by atoms with Crippen LogP contribution in [0.4, 0.5) is 10.5 Å². The van der Waals surface area contributed by atoms with Gasteiger partial charge in [-0.25, -0.2) is 4.79 Å². The normalized spacial score (nSPS) is 11.6. The molecule has 1 atom stereocenters. The average Bonchev–Trinajstić information content (AvgIpc) is 2.74. The van der Waals surface area contributed by atoms with Crippen molar-refractivity contribution >= 4 is 40.9 Å². The highest BCUT2D eigenvalue weighted by atomic mass is 35.5. The topological polar surface area (TPSA) is 121 Å². The van der Waals surface area contributed by atoms with Crippen molar-refractivity contribution in [1.82, 2.24) is 9.88 Å². The van der Waals surface area contributed by atoms with Gasteiger partial charge in [-0.3, -0.25) is 9.59 Å². The number of hydrogen-bond donors (Lipinski definition) is 4. The summed E-state index contributed by atoms with van der Waals surface area (Å²) < 4.78 is 1.22. The van der Waals surface area contributed by atoms with Gasteiger partial charge in [0.25, 0.3) is 5.56 Å². The molecule has 0 aliphatic heterocycles. The number of hydrogen-bond acceptors (Lipinski definition) is 4. The van der Waals surface area contributed by atoms with Gasteiger partial charge < -0.3 is 25.4 Å². The van der Waals surface area contributed by atoms with Crippen molar-refractivity contribution in [2.75, 3.05) is 5.32 Å². The molecule has 3 aromatic rings. The van der Waals surface area contributed by atoms with E-state index in [4.69, 9.17) is 23.2 Å². The lowest BCUT2D eigenvalue weighted by molar-refractivity contribution is -0.137. The molecule has 1 heterocycles. The molecule has 10 heteroatoms. The Hall–Kier alpha value is -3.49. The minimum absolute atomic E-state index is 0.300. The number of urea groups is 1. The van der Waals surface area contributed by atoms with Gasteiger partial charge in [-0.1, -0.05) is 47.5 Å². The van der Waals surface area contributed by atoms with Gasteiger partial charge in [0.15, 0.2) is 5.69 Å². The number of aryl methyl sites for hydroxylation is 2. The Morgan fingerprint density at radius 3 is 2.55 bits per heavy atom. The quantitative estimate of drug-likeness (QED) is 0.399. The average molecular weight is 490 g/mol. The van der Waals surface area contributed by atoms with E-state index in [2.05, 4.69) is 10.6 Å². The number of halogens is 2. The summed E-state index contributed by atoms with van der Waals surface area (Å²) in [6, 6.07) is 10.2. The molecule has 1 unspecified atom stereocenters. The fourth-order valence-electron chi connectivity index (χ4n) is 3.38. The van der Waals surface area contributed by atoms with Gasteiger partial charge in [-0.05, 0) is 36.2 Å². The third-order valence-electron chi connectivity index (χ3n) is 4.99. The van der Waals surface area contributed by atoms with E-state index in [0.29, 0.717) is 32.3 Å². The number of pyridine rings is 1. The Morgan fingerprint density at radius 2 is 1.88 bits per heavy atom. The minimum Gasteiger partial charge on any atom is -0.505 e. The molecule has 4 N–H and O–H groups in total. The number of nitrogens with zero attached hydrogens (tertiary/aromatic N) is 1. The molecular formula is C23H21Cl2N3O5. The number of amides is 2. The zero-order valence-electron chi connectivity index (χ0n) is 17.7. The zero-order valence-corrected chi connectivity index (χ0v) is 19.2. The molecule has 1 aromatic heterocycles. The predicted molar refractivity (Wildman–Crippen MR) is 127 cm³/mol. The molecule has 3 rings (SSSR count). The maximum Gasteiger partial charge on any atom is 0.319 e. The first-order valence-corrected chi connectivity index (χ1v) is 10.6. The second kappa shape index (κ2) is 9.97. The first kappa shape index (κ1) is 24.2. The monoisotopic (exact) mass is 489 g/mol. The molecule has 2 amide bonds. The number of carbonyl (C=O) groups is 2. The highest BCUT2D eigenvalue weighted by Gasteiger charge is 2.21. The maximum absolute atomic E-state index is 12.6. The van der Waals surface area contributed by atoms with Crippen molar-refractivity contribution in [3.63, 3.8) is 0 Å². The van der Waals surface area contributed by atoms with Gasteiger partial charge in [-0.2, -0.15) is 0 Å². The predicted octanol–water partition coefficient (Wildman–Crippen LogP) is 4.71. The van der Waals surface area contributed by atoms with Crippen LogP contribution in [0.1, 0.15) is 23.6 Å². The van der Waals surface area contributed by atoms with Crippen LogP contribution in [-0.2, 0) is 11.8 Å². The number of carboxylic acids is 1. The number of carboxylic acid groups (broad SMARTS) is 1. The third kappa shape index (κ3) is 5.66. The van der Waals surface area contributed by atoms with E-state index in [1.165, 1.54) is 17.8 Å². The standard InChI is InChI=1S/C23H21Cl2N3O5/c1-12-11-28(2)22(32)20(21(12)31)27-23(33)26-18(10-19(29)30)14-5-3-4-13(8-14)16-7-6-15(24)9-17(16)25/h3-9,11,18,31H,10H2,1-2H3,(H,29,30)(H2,26,27,33). The molecule has 33 heavy (non-hydrogen) atoms. The number of anilines is 1. The van der Waals surface area contributed by atoms with Crippen molar-refractivity contribution in [3.8, 4) is 16.9 Å². The Morgan fingerprint density at radius 1 is 1.15 bits per heavy atom. The fraction of sp³-hybridized carbons (Fsp3) is 0.174. The van der Waals surface area contributed by atoms with Crippen LogP contribution in [0.25, 0.3) is 11.1 Å². The summed E-state index contributed by atoms with van der Waals surface area (Å²) in [5.41, 5.74) is 1.39. The Kier molecular flexibility index (Phi) is 7.30. The van der Waals surface area contributed by atoms with Gasteiger partial charge in [-0.15, -0.1) is 0 Å². The van der Waals surface area contributed by atoms with Gasteiger partial charge in [0.05, 0.1) is 12.5 Å². The molecular weight excluding hydrogens is 469 g/mol. The zero-order chi connectivity index (χ0) is 24.3. The Labute approximate surface area is 199 Å². The number of carbonyl (C=O) groups excluding carboxylic acids is 1. The number of nitrogens with one attached hydrogen (secondary N) is 2. The van der Waals surface area contributed by atoms with Crippen LogP contribution in [0, 0.1) is 6.92 Å². The molecule has 0 aliphatic rings. The van der Waals surface area contributed by atoms with Crippen molar-refractivity contribution in [3.05, 3.63) is 80.2 Å². The third-order valence-corrected chi connectivity index (χ3v) is 5.53. The van der Waals surface area contributed by atoms with Gasteiger partial charge in [0, 0.05) is 34.4 Å². The number of aliphatic carboxylic acids is 1. The Bertz CT molecular complexity index is 1290. The molecule has 172 valence electrons. The molecule has 0 spiro atoms. The van der Waals surface area contributed by atoms with Crippen LogP contribution in [-0.4, -0.2) is 26.8 Å². The largest absolute Gasteiger partial charge is 0.505 e. The fourth-order valence-corrected chi connectivity index (χ4v) is 3.90. The molecule has 0 radical (unpaired) electrons. The maximum atomic E-state index is 12.6. The molecule has 0 saturated carbocycles. The highest BCUT2D eigenvalue weighted by molar-refractivity contribution is 6.36. The molecule has 0 fully saturated rings. The summed E-state index contributed by atoms with van der Waals surface area (Å²) in [4.78, 5) is 36.4. The Balaban J connectivity index is 1.90. The first-order chi connectivity index (χ1) is 15.6. The first-order valence-electron chi connectivity index (χ1n) is 9.80. The number of aromatic nitrogens is 1. The van der Waals surface area contributed by atoms with Crippen LogP contribution < -0.4 is 16.2 Å². The summed E-state index contributed by atoms with van der Waals surface area (Å²) in [7, 11) is 1.48. The van der Waals surface area contributed by atoms with Crippen LogP contribution in [0.2, 0.25) is 10.0 Å². The number of rotatable bonds is 6. The lowest BCUT2D eigenvalue weighted by Gasteiger charge is -2.19.